The van der Waals surface area contributed by atoms with E-state index < -0.39 is 0 Å². The number of hydrogen-bond donors (Lipinski definition) is 1. The number of hydrogen-bond acceptors (Lipinski definition) is 5. The molecule has 1 N–H and O–H groups in total. The van der Waals surface area contributed by atoms with E-state index >= 15 is 0 Å². The van der Waals surface area contributed by atoms with Gasteiger partial charge in [-0.25, -0.2) is 4.98 Å². The van der Waals surface area contributed by atoms with Crippen molar-refractivity contribution in [3.63, 3.8) is 0 Å². The first kappa shape index (κ1) is 15.8. The molecule has 2 aromatic carbocycles. The van der Waals surface area contributed by atoms with Gasteiger partial charge >= 0.3 is 0 Å². The number of fused-ring (bicyclic) bond motifs is 1. The summed E-state index contributed by atoms with van der Waals surface area (Å²) in [6.45, 7) is 6.17. The molecule has 0 saturated carbocycles. The number of likely N-dealkylation sites (N-methyl/N-ethyl adjacent to an activating group) is 1. The van der Waals surface area contributed by atoms with E-state index in [1.54, 1.807) is 0 Å². The number of nitrogens with zero attached hydrogens (tertiary/aromatic N) is 4. The Morgan fingerprint density at radius 2 is 1.60 bits per heavy atom. The van der Waals surface area contributed by atoms with E-state index in [-0.39, 0.29) is 0 Å². The molecule has 1 aliphatic rings. The summed E-state index contributed by atoms with van der Waals surface area (Å²) in [6.07, 6.45) is 0. The average molecular weight is 333 g/mol. The van der Waals surface area contributed by atoms with Crippen LogP contribution < -0.4 is 10.2 Å². The molecule has 0 atom stereocenters. The molecular weight excluding hydrogens is 310 g/mol. The lowest BCUT2D eigenvalue weighted by molar-refractivity contribution is 0.312. The molecule has 1 saturated heterocycles. The highest BCUT2D eigenvalue weighted by atomic mass is 15.3. The summed E-state index contributed by atoms with van der Waals surface area (Å²) >= 11 is 0. The van der Waals surface area contributed by atoms with Gasteiger partial charge in [-0.3, -0.25) is 0 Å². The van der Waals surface area contributed by atoms with Gasteiger partial charge in [0.2, 0.25) is 5.95 Å². The van der Waals surface area contributed by atoms with Crippen molar-refractivity contribution in [1.29, 1.82) is 0 Å². The second kappa shape index (κ2) is 6.69. The molecule has 0 radical (unpaired) electrons. The molecule has 0 bridgehead atoms. The summed E-state index contributed by atoms with van der Waals surface area (Å²) in [6, 6.07) is 16.5. The quantitative estimate of drug-likeness (QED) is 0.795. The van der Waals surface area contributed by atoms with Crippen LogP contribution in [0.3, 0.4) is 0 Å². The summed E-state index contributed by atoms with van der Waals surface area (Å²) < 4.78 is 0. The maximum Gasteiger partial charge on any atom is 0.229 e. The highest BCUT2D eigenvalue weighted by Crippen LogP contribution is 2.27. The van der Waals surface area contributed by atoms with Crippen molar-refractivity contribution in [3.05, 3.63) is 54.1 Å². The van der Waals surface area contributed by atoms with Crippen LogP contribution >= 0.6 is 0 Å². The zero-order valence-corrected chi connectivity index (χ0v) is 14.7. The molecule has 25 heavy (non-hydrogen) atoms. The monoisotopic (exact) mass is 333 g/mol. The van der Waals surface area contributed by atoms with Crippen LogP contribution in [0.4, 0.5) is 17.5 Å². The molecule has 1 fully saturated rings. The molecule has 1 aliphatic heterocycles. The summed E-state index contributed by atoms with van der Waals surface area (Å²) in [5.41, 5.74) is 3.22. The van der Waals surface area contributed by atoms with Crippen LogP contribution in [0.5, 0.6) is 0 Å². The molecule has 0 spiro atoms. The lowest BCUT2D eigenvalue weighted by atomic mass is 10.2. The van der Waals surface area contributed by atoms with Crippen LogP contribution in [0, 0.1) is 6.92 Å². The predicted octanol–water partition coefficient (Wildman–Crippen LogP) is 3.43. The number of aryl methyl sites for hydroxylation is 1. The third-order valence-corrected chi connectivity index (χ3v) is 4.69. The van der Waals surface area contributed by atoms with Crippen LogP contribution in [-0.4, -0.2) is 48.1 Å². The first-order valence-electron chi connectivity index (χ1n) is 8.73. The zero-order chi connectivity index (χ0) is 17.2. The summed E-state index contributed by atoms with van der Waals surface area (Å²) in [5.74, 6) is 1.67. The van der Waals surface area contributed by atoms with Crippen molar-refractivity contribution < 1.29 is 0 Å². The van der Waals surface area contributed by atoms with E-state index in [1.165, 1.54) is 5.56 Å². The molecule has 0 amide bonds. The number of para-hydroxylation sites is 1. The van der Waals surface area contributed by atoms with Crippen molar-refractivity contribution in [2.45, 2.75) is 6.92 Å². The maximum absolute atomic E-state index is 4.85. The van der Waals surface area contributed by atoms with Gasteiger partial charge in [-0.2, -0.15) is 4.98 Å². The fourth-order valence-electron chi connectivity index (χ4n) is 3.14. The Hall–Kier alpha value is -2.66. The Morgan fingerprint density at radius 3 is 2.36 bits per heavy atom. The highest BCUT2D eigenvalue weighted by Gasteiger charge is 2.19. The van der Waals surface area contributed by atoms with Crippen LogP contribution in [0.1, 0.15) is 5.56 Å². The third kappa shape index (κ3) is 3.42. The number of rotatable bonds is 3. The number of nitrogens with one attached hydrogen (secondary N) is 1. The van der Waals surface area contributed by atoms with E-state index in [0.717, 1.165) is 48.6 Å². The molecule has 3 aromatic rings. The zero-order valence-electron chi connectivity index (χ0n) is 14.7. The normalized spacial score (nSPS) is 15.5. The van der Waals surface area contributed by atoms with Crippen molar-refractivity contribution in [3.8, 4) is 0 Å². The van der Waals surface area contributed by atoms with Crippen LogP contribution in [0.2, 0.25) is 0 Å². The molecule has 2 heterocycles. The van der Waals surface area contributed by atoms with E-state index in [4.69, 9.17) is 9.97 Å². The van der Waals surface area contributed by atoms with E-state index in [9.17, 15) is 0 Å². The van der Waals surface area contributed by atoms with Gasteiger partial charge in [-0.1, -0.05) is 29.8 Å². The van der Waals surface area contributed by atoms with E-state index in [2.05, 4.69) is 71.6 Å². The van der Waals surface area contributed by atoms with Gasteiger partial charge in [-0.15, -0.1) is 0 Å². The van der Waals surface area contributed by atoms with Crippen LogP contribution in [-0.2, 0) is 0 Å². The third-order valence-electron chi connectivity index (χ3n) is 4.69. The topological polar surface area (TPSA) is 44.3 Å². The Bertz CT molecular complexity index is 867. The van der Waals surface area contributed by atoms with Gasteiger partial charge in [0.15, 0.2) is 0 Å². The number of piperazine rings is 1. The smallest absolute Gasteiger partial charge is 0.229 e. The second-order valence-electron chi connectivity index (χ2n) is 6.67. The first-order valence-corrected chi connectivity index (χ1v) is 8.73. The van der Waals surface area contributed by atoms with Gasteiger partial charge in [0.05, 0.1) is 5.52 Å². The van der Waals surface area contributed by atoms with Crippen molar-refractivity contribution in [1.82, 2.24) is 14.9 Å². The fraction of sp³-hybridized carbons (Fsp3) is 0.300. The van der Waals surface area contributed by atoms with Gasteiger partial charge in [0.25, 0.3) is 0 Å². The molecule has 0 unspecified atom stereocenters. The molecule has 5 nitrogen and oxygen atoms in total. The fourth-order valence-corrected chi connectivity index (χ4v) is 3.14. The number of benzene rings is 2. The Morgan fingerprint density at radius 1 is 0.880 bits per heavy atom. The second-order valence-corrected chi connectivity index (χ2v) is 6.67. The van der Waals surface area contributed by atoms with Gasteiger partial charge < -0.3 is 15.1 Å². The van der Waals surface area contributed by atoms with Crippen LogP contribution in [0.25, 0.3) is 10.9 Å². The molecule has 4 rings (SSSR count). The molecule has 128 valence electrons. The maximum atomic E-state index is 4.85. The lowest BCUT2D eigenvalue weighted by Crippen LogP contribution is -2.45. The molecule has 1 aromatic heterocycles. The molecular formula is C20H23N5. The average Bonchev–Trinajstić information content (AvgIpc) is 2.64. The molecule has 5 heteroatoms. The largest absolute Gasteiger partial charge is 0.353 e. The summed E-state index contributed by atoms with van der Waals surface area (Å²) in [7, 11) is 2.17. The van der Waals surface area contributed by atoms with Gasteiger partial charge in [0, 0.05) is 37.3 Å². The van der Waals surface area contributed by atoms with Crippen molar-refractivity contribution in [2.24, 2.45) is 0 Å². The Balaban J connectivity index is 1.71. The van der Waals surface area contributed by atoms with Gasteiger partial charge in [-0.05, 0) is 38.2 Å². The summed E-state index contributed by atoms with van der Waals surface area (Å²) in [4.78, 5) is 14.3. The minimum absolute atomic E-state index is 0.650. The van der Waals surface area contributed by atoms with E-state index in [0.29, 0.717) is 5.95 Å². The number of aromatic nitrogens is 2. The minimum atomic E-state index is 0.650. The van der Waals surface area contributed by atoms with Crippen molar-refractivity contribution in [2.75, 3.05) is 43.4 Å². The van der Waals surface area contributed by atoms with Crippen molar-refractivity contribution >= 4 is 28.4 Å². The lowest BCUT2D eigenvalue weighted by Gasteiger charge is -2.33. The number of anilines is 3. The highest BCUT2D eigenvalue weighted by molar-refractivity contribution is 5.90. The van der Waals surface area contributed by atoms with E-state index in [1.807, 2.05) is 6.07 Å². The van der Waals surface area contributed by atoms with Gasteiger partial charge in [0.1, 0.15) is 5.82 Å². The predicted molar refractivity (Wildman–Crippen MR) is 104 cm³/mol. The Kier molecular flexibility index (Phi) is 4.24. The first-order chi connectivity index (χ1) is 12.2. The molecule has 0 aliphatic carbocycles. The standard InChI is InChI=1S/C20H23N5/c1-15-7-9-16(10-8-15)21-20-22-18-6-4-3-5-17(18)19(23-20)25-13-11-24(2)12-14-25/h3-10H,11-14H2,1-2H3,(H,21,22,23). The minimum Gasteiger partial charge on any atom is -0.353 e. The summed E-state index contributed by atoms with van der Waals surface area (Å²) in [5, 5.41) is 4.46. The van der Waals surface area contributed by atoms with Crippen LogP contribution in [0.15, 0.2) is 48.5 Å². The SMILES string of the molecule is Cc1ccc(Nc2nc(N3CCN(C)CC3)c3ccccc3n2)cc1. The Labute approximate surface area is 148 Å².